The molecule has 96 valence electrons. The molecule has 0 aromatic rings. The van der Waals surface area contributed by atoms with Gasteiger partial charge in [-0.25, -0.2) is 0 Å². The van der Waals surface area contributed by atoms with E-state index in [1.165, 1.54) is 0 Å². The number of carbonyl (C=O) groups excluding carboxylic acids is 1. The lowest BCUT2D eigenvalue weighted by atomic mass is 10.4. The van der Waals surface area contributed by atoms with Gasteiger partial charge in [0.05, 0.1) is 39.6 Å². The summed E-state index contributed by atoms with van der Waals surface area (Å²) in [6.07, 6.45) is 0.0290. The van der Waals surface area contributed by atoms with E-state index in [4.69, 9.17) is 18.9 Å². The Labute approximate surface area is 95.4 Å². The zero-order valence-electron chi connectivity index (χ0n) is 9.59. The third kappa shape index (κ3) is 11.5. The van der Waals surface area contributed by atoms with Crippen molar-refractivity contribution < 1.29 is 28.8 Å². The first kappa shape index (κ1) is 15.5. The minimum atomic E-state index is -0.650. The zero-order chi connectivity index (χ0) is 12.1. The van der Waals surface area contributed by atoms with E-state index in [0.29, 0.717) is 32.7 Å². The number of methoxy groups -OCH3 is 1. The summed E-state index contributed by atoms with van der Waals surface area (Å²) in [6.45, 7) is 2.14. The summed E-state index contributed by atoms with van der Waals surface area (Å²) in [4.78, 5) is 9.88. The number of ether oxygens (including phenoxy) is 4. The van der Waals surface area contributed by atoms with Crippen LogP contribution in [-0.4, -0.2) is 70.9 Å². The third-order valence-corrected chi connectivity index (χ3v) is 1.61. The summed E-state index contributed by atoms with van der Waals surface area (Å²) in [7, 11) is 1.59. The van der Waals surface area contributed by atoms with Gasteiger partial charge in [0.2, 0.25) is 0 Å². The first-order valence-electron chi connectivity index (χ1n) is 5.15. The molecule has 0 aliphatic heterocycles. The molecule has 0 aliphatic carbocycles. The highest BCUT2D eigenvalue weighted by Crippen LogP contribution is 1.88. The van der Waals surface area contributed by atoms with E-state index in [2.05, 4.69) is 0 Å². The van der Waals surface area contributed by atoms with Crippen molar-refractivity contribution in [2.75, 3.05) is 53.4 Å². The van der Waals surface area contributed by atoms with Gasteiger partial charge in [-0.1, -0.05) is 0 Å². The minimum Gasteiger partial charge on any atom is -0.388 e. The SMILES string of the molecule is COCCOCC(O)COCCOCC=O. The standard InChI is InChI=1S/C10H20O6/c1-13-4-5-15-8-10(12)9-16-7-6-14-3-2-11/h2,10,12H,3-9H2,1H3. The molecule has 0 radical (unpaired) electrons. The molecule has 0 rings (SSSR count). The molecule has 0 saturated heterocycles. The minimum absolute atomic E-state index is 0.0754. The van der Waals surface area contributed by atoms with Gasteiger partial charge in [0.25, 0.3) is 0 Å². The highest BCUT2D eigenvalue weighted by molar-refractivity contribution is 5.50. The number of carbonyl (C=O) groups is 1. The van der Waals surface area contributed by atoms with E-state index < -0.39 is 6.10 Å². The van der Waals surface area contributed by atoms with Crippen LogP contribution in [-0.2, 0) is 23.7 Å². The summed E-state index contributed by atoms with van der Waals surface area (Å²) < 4.78 is 19.8. The average Bonchev–Trinajstić information content (AvgIpc) is 2.29. The molecule has 16 heavy (non-hydrogen) atoms. The number of rotatable bonds is 12. The molecule has 6 heteroatoms. The number of hydrogen-bond acceptors (Lipinski definition) is 6. The molecule has 1 atom stereocenters. The Hall–Kier alpha value is -0.530. The van der Waals surface area contributed by atoms with Crippen LogP contribution in [0.3, 0.4) is 0 Å². The number of aliphatic hydroxyl groups excluding tert-OH is 1. The van der Waals surface area contributed by atoms with Crippen molar-refractivity contribution in [3.8, 4) is 0 Å². The van der Waals surface area contributed by atoms with Crippen LogP contribution in [0.1, 0.15) is 0 Å². The molecule has 0 saturated carbocycles. The Bertz CT molecular complexity index is 152. The van der Waals surface area contributed by atoms with Crippen molar-refractivity contribution in [1.29, 1.82) is 0 Å². The molecule has 0 aromatic carbocycles. The largest absolute Gasteiger partial charge is 0.388 e. The van der Waals surface area contributed by atoms with E-state index in [-0.39, 0.29) is 19.8 Å². The molecule has 0 bridgehead atoms. The van der Waals surface area contributed by atoms with Crippen LogP contribution in [0.15, 0.2) is 0 Å². The Balaban J connectivity index is 3.10. The first-order chi connectivity index (χ1) is 7.81. The van der Waals surface area contributed by atoms with Gasteiger partial charge in [-0.3, -0.25) is 0 Å². The van der Waals surface area contributed by atoms with Crippen molar-refractivity contribution in [2.45, 2.75) is 6.10 Å². The molecule has 0 spiro atoms. The highest BCUT2D eigenvalue weighted by Gasteiger charge is 2.03. The van der Waals surface area contributed by atoms with Crippen LogP contribution < -0.4 is 0 Å². The Kier molecular flexibility index (Phi) is 12.1. The molecule has 0 heterocycles. The second-order valence-corrected chi connectivity index (χ2v) is 3.04. The highest BCUT2D eigenvalue weighted by atomic mass is 16.5. The predicted octanol–water partition coefficient (Wildman–Crippen LogP) is -0.758. The summed E-state index contributed by atoms with van der Waals surface area (Å²) in [5.74, 6) is 0. The fraction of sp³-hybridized carbons (Fsp3) is 0.900. The number of hydrogen-bond donors (Lipinski definition) is 1. The van der Waals surface area contributed by atoms with Gasteiger partial charge in [0, 0.05) is 7.11 Å². The van der Waals surface area contributed by atoms with Crippen LogP contribution in [0.2, 0.25) is 0 Å². The summed E-state index contributed by atoms with van der Waals surface area (Å²) >= 11 is 0. The molecular formula is C10H20O6. The van der Waals surface area contributed by atoms with Crippen LogP contribution in [0.5, 0.6) is 0 Å². The fourth-order valence-corrected chi connectivity index (χ4v) is 0.878. The average molecular weight is 236 g/mol. The summed E-state index contributed by atoms with van der Waals surface area (Å²) in [6, 6.07) is 0. The Morgan fingerprint density at radius 2 is 1.62 bits per heavy atom. The summed E-state index contributed by atoms with van der Waals surface area (Å²) in [5.41, 5.74) is 0. The molecular weight excluding hydrogens is 216 g/mol. The maximum atomic E-state index is 9.88. The first-order valence-corrected chi connectivity index (χ1v) is 5.15. The molecule has 6 nitrogen and oxygen atoms in total. The summed E-state index contributed by atoms with van der Waals surface area (Å²) in [5, 5.41) is 9.36. The van der Waals surface area contributed by atoms with Crippen LogP contribution in [0.25, 0.3) is 0 Å². The molecule has 1 N–H and O–H groups in total. The van der Waals surface area contributed by atoms with Gasteiger partial charge in [-0.05, 0) is 0 Å². The van der Waals surface area contributed by atoms with Gasteiger partial charge in [-0.15, -0.1) is 0 Å². The van der Waals surface area contributed by atoms with Gasteiger partial charge < -0.3 is 28.8 Å². The normalized spacial score (nSPS) is 12.6. The van der Waals surface area contributed by atoms with E-state index in [9.17, 15) is 9.90 Å². The molecule has 0 aromatic heterocycles. The van der Waals surface area contributed by atoms with E-state index >= 15 is 0 Å². The van der Waals surface area contributed by atoms with E-state index in [0.717, 1.165) is 0 Å². The molecule has 0 fully saturated rings. The van der Waals surface area contributed by atoms with E-state index in [1.54, 1.807) is 7.11 Å². The lowest BCUT2D eigenvalue weighted by Gasteiger charge is -2.11. The maximum Gasteiger partial charge on any atom is 0.145 e. The van der Waals surface area contributed by atoms with Gasteiger partial charge in [0.1, 0.15) is 19.0 Å². The van der Waals surface area contributed by atoms with Crippen LogP contribution in [0.4, 0.5) is 0 Å². The van der Waals surface area contributed by atoms with Crippen molar-refractivity contribution in [3.05, 3.63) is 0 Å². The zero-order valence-corrected chi connectivity index (χ0v) is 9.59. The monoisotopic (exact) mass is 236 g/mol. The van der Waals surface area contributed by atoms with Crippen LogP contribution >= 0.6 is 0 Å². The van der Waals surface area contributed by atoms with Gasteiger partial charge in [0.15, 0.2) is 0 Å². The molecule has 1 unspecified atom stereocenters. The van der Waals surface area contributed by atoms with Gasteiger partial charge in [-0.2, -0.15) is 0 Å². The quantitative estimate of drug-likeness (QED) is 0.355. The topological polar surface area (TPSA) is 74.2 Å². The van der Waals surface area contributed by atoms with Crippen LogP contribution in [0, 0.1) is 0 Å². The number of aliphatic hydroxyl groups is 1. The second kappa shape index (κ2) is 12.5. The molecule has 0 amide bonds. The lowest BCUT2D eigenvalue weighted by molar-refractivity contribution is -0.112. The molecule has 0 aliphatic rings. The maximum absolute atomic E-state index is 9.88. The fourth-order valence-electron chi connectivity index (χ4n) is 0.878. The van der Waals surface area contributed by atoms with Crippen molar-refractivity contribution >= 4 is 6.29 Å². The lowest BCUT2D eigenvalue weighted by Crippen LogP contribution is -2.23. The smallest absolute Gasteiger partial charge is 0.145 e. The predicted molar refractivity (Wildman–Crippen MR) is 56.4 cm³/mol. The van der Waals surface area contributed by atoms with Crippen molar-refractivity contribution in [1.82, 2.24) is 0 Å². The van der Waals surface area contributed by atoms with Crippen molar-refractivity contribution in [3.63, 3.8) is 0 Å². The van der Waals surface area contributed by atoms with Gasteiger partial charge >= 0.3 is 0 Å². The van der Waals surface area contributed by atoms with Crippen molar-refractivity contribution in [2.24, 2.45) is 0 Å². The Morgan fingerprint density at radius 1 is 1.06 bits per heavy atom. The second-order valence-electron chi connectivity index (χ2n) is 3.04. The number of aldehydes is 1. The third-order valence-electron chi connectivity index (χ3n) is 1.61. The van der Waals surface area contributed by atoms with E-state index in [1.807, 2.05) is 0 Å². The Morgan fingerprint density at radius 3 is 2.19 bits per heavy atom.